The van der Waals surface area contributed by atoms with E-state index < -0.39 is 0 Å². The first kappa shape index (κ1) is 16.5. The molecule has 3 fully saturated rings. The molecule has 6 heteroatoms. The molecule has 0 bridgehead atoms. The lowest BCUT2D eigenvalue weighted by Crippen LogP contribution is -2.33. The molecule has 3 aliphatic heterocycles. The molecule has 1 aromatic rings. The second kappa shape index (κ2) is 6.77. The SMILES string of the molecule is Cc1ccccc1C(=O)N1C[C@@H]2[C@@H](CC(=O)N3CCCO3)CO[C@@H]2C1. The van der Waals surface area contributed by atoms with Crippen molar-refractivity contribution in [1.29, 1.82) is 0 Å². The Hall–Kier alpha value is -1.92. The lowest BCUT2D eigenvalue weighted by Gasteiger charge is -2.22. The number of hydrogen-bond donors (Lipinski definition) is 0. The van der Waals surface area contributed by atoms with Crippen molar-refractivity contribution in [3.63, 3.8) is 0 Å². The lowest BCUT2D eigenvalue weighted by molar-refractivity contribution is -0.170. The summed E-state index contributed by atoms with van der Waals surface area (Å²) in [7, 11) is 0. The number of aryl methyl sites for hydroxylation is 1. The van der Waals surface area contributed by atoms with Crippen molar-refractivity contribution in [1.82, 2.24) is 9.96 Å². The maximum Gasteiger partial charge on any atom is 0.254 e. The maximum atomic E-state index is 12.8. The molecule has 0 spiro atoms. The molecule has 0 unspecified atom stereocenters. The van der Waals surface area contributed by atoms with Crippen molar-refractivity contribution in [2.24, 2.45) is 11.8 Å². The minimum Gasteiger partial charge on any atom is -0.376 e. The topological polar surface area (TPSA) is 59.1 Å². The first-order chi connectivity index (χ1) is 12.1. The fourth-order valence-electron chi connectivity index (χ4n) is 4.13. The van der Waals surface area contributed by atoms with E-state index in [0.717, 1.165) is 17.5 Å². The monoisotopic (exact) mass is 344 g/mol. The van der Waals surface area contributed by atoms with E-state index in [-0.39, 0.29) is 29.8 Å². The molecule has 0 N–H and O–H groups in total. The Labute approximate surface area is 147 Å². The third kappa shape index (κ3) is 3.16. The van der Waals surface area contributed by atoms with Crippen molar-refractivity contribution in [2.75, 3.05) is 32.8 Å². The average molecular weight is 344 g/mol. The molecule has 4 rings (SSSR count). The number of rotatable bonds is 3. The molecular formula is C19H24N2O4. The highest BCUT2D eigenvalue weighted by Gasteiger charge is 2.46. The van der Waals surface area contributed by atoms with Gasteiger partial charge in [-0.25, -0.2) is 5.06 Å². The number of nitrogens with zero attached hydrogens (tertiary/aromatic N) is 2. The van der Waals surface area contributed by atoms with E-state index >= 15 is 0 Å². The zero-order valence-electron chi connectivity index (χ0n) is 14.5. The predicted octanol–water partition coefficient (Wildman–Crippen LogP) is 1.64. The van der Waals surface area contributed by atoms with Crippen LogP contribution in [0.15, 0.2) is 24.3 Å². The Bertz CT molecular complexity index is 671. The van der Waals surface area contributed by atoms with Crippen LogP contribution in [0.5, 0.6) is 0 Å². The van der Waals surface area contributed by atoms with Gasteiger partial charge >= 0.3 is 0 Å². The molecule has 3 atom stereocenters. The van der Waals surface area contributed by atoms with Crippen molar-refractivity contribution < 1.29 is 19.2 Å². The number of hydroxylamine groups is 2. The van der Waals surface area contributed by atoms with E-state index in [9.17, 15) is 9.59 Å². The summed E-state index contributed by atoms with van der Waals surface area (Å²) in [5.41, 5.74) is 1.74. The quantitative estimate of drug-likeness (QED) is 0.836. The van der Waals surface area contributed by atoms with E-state index in [0.29, 0.717) is 39.3 Å². The van der Waals surface area contributed by atoms with Gasteiger partial charge in [-0.2, -0.15) is 0 Å². The third-order valence-corrected chi connectivity index (χ3v) is 5.57. The Morgan fingerprint density at radius 1 is 1.24 bits per heavy atom. The van der Waals surface area contributed by atoms with Crippen LogP contribution >= 0.6 is 0 Å². The number of carbonyl (C=O) groups excluding carboxylic acids is 2. The fraction of sp³-hybridized carbons (Fsp3) is 0.579. The highest BCUT2D eigenvalue weighted by Crippen LogP contribution is 2.36. The summed E-state index contributed by atoms with van der Waals surface area (Å²) < 4.78 is 5.89. The number of carbonyl (C=O) groups is 2. The summed E-state index contributed by atoms with van der Waals surface area (Å²) in [4.78, 5) is 32.4. The molecule has 0 saturated carbocycles. The zero-order chi connectivity index (χ0) is 17.4. The smallest absolute Gasteiger partial charge is 0.254 e. The van der Waals surface area contributed by atoms with Crippen molar-refractivity contribution in [3.8, 4) is 0 Å². The molecule has 0 aliphatic carbocycles. The molecule has 3 heterocycles. The number of hydrogen-bond acceptors (Lipinski definition) is 4. The summed E-state index contributed by atoms with van der Waals surface area (Å²) in [5, 5.41) is 1.48. The molecule has 0 radical (unpaired) electrons. The molecule has 3 aliphatic rings. The Morgan fingerprint density at radius 3 is 2.84 bits per heavy atom. The highest BCUT2D eigenvalue weighted by molar-refractivity contribution is 5.95. The van der Waals surface area contributed by atoms with Gasteiger partial charge in [0, 0.05) is 31.0 Å². The minimum absolute atomic E-state index is 0.0374. The second-order valence-electron chi connectivity index (χ2n) is 7.21. The number of likely N-dealkylation sites (tertiary alicyclic amines) is 1. The van der Waals surface area contributed by atoms with Gasteiger partial charge in [-0.1, -0.05) is 18.2 Å². The van der Waals surface area contributed by atoms with Crippen LogP contribution in [0, 0.1) is 18.8 Å². The third-order valence-electron chi connectivity index (χ3n) is 5.57. The average Bonchev–Trinajstić information content (AvgIpc) is 3.33. The van der Waals surface area contributed by atoms with Crippen molar-refractivity contribution in [3.05, 3.63) is 35.4 Å². The highest BCUT2D eigenvalue weighted by atomic mass is 16.7. The van der Waals surface area contributed by atoms with Crippen LogP contribution in [0.2, 0.25) is 0 Å². The minimum atomic E-state index is 0.0374. The van der Waals surface area contributed by atoms with Crippen LogP contribution in [-0.2, 0) is 14.4 Å². The van der Waals surface area contributed by atoms with Gasteiger partial charge in [-0.15, -0.1) is 0 Å². The van der Waals surface area contributed by atoms with E-state index in [4.69, 9.17) is 9.57 Å². The van der Waals surface area contributed by atoms with Gasteiger partial charge in [0.2, 0.25) is 5.91 Å². The Kier molecular flexibility index (Phi) is 4.48. The molecule has 134 valence electrons. The van der Waals surface area contributed by atoms with E-state index in [1.807, 2.05) is 36.1 Å². The maximum absolute atomic E-state index is 12.8. The summed E-state index contributed by atoms with van der Waals surface area (Å²) in [6.07, 6.45) is 1.39. The molecule has 3 saturated heterocycles. The standard InChI is InChI=1S/C19H24N2O4/c1-13-5-2-3-6-15(13)19(23)20-10-16-14(12-24-17(16)11-20)9-18(22)21-7-4-8-25-21/h2-3,5-6,14,16-17H,4,7-12H2,1H3/t14-,16+,17+/m0/s1. The Balaban J connectivity index is 1.40. The summed E-state index contributed by atoms with van der Waals surface area (Å²) in [5.74, 6) is 0.496. The predicted molar refractivity (Wildman–Crippen MR) is 90.7 cm³/mol. The van der Waals surface area contributed by atoms with Gasteiger partial charge in [-0.05, 0) is 30.9 Å². The summed E-state index contributed by atoms with van der Waals surface area (Å²) in [6, 6.07) is 7.66. The molecule has 0 aromatic heterocycles. The first-order valence-electron chi connectivity index (χ1n) is 9.03. The van der Waals surface area contributed by atoms with E-state index in [1.54, 1.807) is 0 Å². The van der Waals surface area contributed by atoms with Crippen LogP contribution in [0.4, 0.5) is 0 Å². The second-order valence-corrected chi connectivity index (χ2v) is 7.21. The number of amides is 2. The van der Waals surface area contributed by atoms with Gasteiger partial charge in [0.25, 0.3) is 5.91 Å². The van der Waals surface area contributed by atoms with Crippen LogP contribution in [0.1, 0.15) is 28.8 Å². The van der Waals surface area contributed by atoms with Gasteiger partial charge in [0.05, 0.1) is 25.9 Å². The Morgan fingerprint density at radius 2 is 2.08 bits per heavy atom. The molecule has 2 amide bonds. The van der Waals surface area contributed by atoms with Gasteiger partial charge in [-0.3, -0.25) is 14.4 Å². The van der Waals surface area contributed by atoms with Gasteiger partial charge in [0.15, 0.2) is 0 Å². The normalized spacial score (nSPS) is 28.4. The largest absolute Gasteiger partial charge is 0.376 e. The fourth-order valence-corrected chi connectivity index (χ4v) is 4.13. The first-order valence-corrected chi connectivity index (χ1v) is 9.03. The van der Waals surface area contributed by atoms with Crippen molar-refractivity contribution in [2.45, 2.75) is 25.9 Å². The number of benzene rings is 1. The van der Waals surface area contributed by atoms with Crippen LogP contribution < -0.4 is 0 Å². The van der Waals surface area contributed by atoms with Crippen molar-refractivity contribution >= 4 is 11.8 Å². The number of ether oxygens (including phenoxy) is 1. The van der Waals surface area contributed by atoms with Crippen LogP contribution in [0.25, 0.3) is 0 Å². The van der Waals surface area contributed by atoms with Gasteiger partial charge < -0.3 is 9.64 Å². The molecule has 6 nitrogen and oxygen atoms in total. The zero-order valence-corrected chi connectivity index (χ0v) is 14.5. The van der Waals surface area contributed by atoms with Crippen LogP contribution in [-0.4, -0.2) is 60.7 Å². The van der Waals surface area contributed by atoms with E-state index in [2.05, 4.69) is 0 Å². The van der Waals surface area contributed by atoms with E-state index in [1.165, 1.54) is 5.06 Å². The summed E-state index contributed by atoms with van der Waals surface area (Å²) in [6.45, 7) is 5.13. The lowest BCUT2D eigenvalue weighted by atomic mass is 9.90. The molecular weight excluding hydrogens is 320 g/mol. The van der Waals surface area contributed by atoms with Gasteiger partial charge in [0.1, 0.15) is 0 Å². The molecule has 25 heavy (non-hydrogen) atoms. The van der Waals surface area contributed by atoms with Crippen LogP contribution in [0.3, 0.4) is 0 Å². The number of fused-ring (bicyclic) bond motifs is 1. The molecule has 1 aromatic carbocycles. The summed E-state index contributed by atoms with van der Waals surface area (Å²) >= 11 is 0.